The average molecular weight is 320 g/mol. The number of likely N-dealkylation sites (N-methyl/N-ethyl adjacent to an activating group) is 1. The molecule has 0 fully saturated rings. The van der Waals surface area contributed by atoms with Gasteiger partial charge in [-0.2, -0.15) is 0 Å². The van der Waals surface area contributed by atoms with Crippen LogP contribution in [0.15, 0.2) is 15.2 Å². The van der Waals surface area contributed by atoms with Crippen LogP contribution in [0, 0.1) is 0 Å². The molecule has 17 heavy (non-hydrogen) atoms. The van der Waals surface area contributed by atoms with E-state index in [-0.39, 0.29) is 6.04 Å². The molecule has 1 unspecified atom stereocenters. The van der Waals surface area contributed by atoms with E-state index in [0.29, 0.717) is 13.0 Å². The second-order valence-electron chi connectivity index (χ2n) is 4.17. The van der Waals surface area contributed by atoms with Gasteiger partial charge in [0.25, 0.3) is 0 Å². The Morgan fingerprint density at radius 1 is 1.65 bits per heavy atom. The van der Waals surface area contributed by atoms with Crippen molar-refractivity contribution in [2.24, 2.45) is 0 Å². The van der Waals surface area contributed by atoms with E-state index < -0.39 is 5.97 Å². The molecule has 96 valence electrons. The van der Waals surface area contributed by atoms with Crippen LogP contribution >= 0.6 is 27.3 Å². The van der Waals surface area contributed by atoms with E-state index in [4.69, 9.17) is 0 Å². The maximum Gasteiger partial charge on any atom is 0.320 e. The molecule has 0 radical (unpaired) electrons. The summed E-state index contributed by atoms with van der Waals surface area (Å²) in [6, 6.07) is 1.66. The minimum absolute atomic E-state index is 0.381. The number of thiophene rings is 1. The number of nitrogens with zero attached hydrogens (tertiary/aromatic N) is 1. The molecule has 1 aromatic rings. The molecule has 1 N–H and O–H groups in total. The van der Waals surface area contributed by atoms with Crippen molar-refractivity contribution in [2.45, 2.75) is 38.8 Å². The number of hydrogen-bond donors (Lipinski definition) is 1. The number of carbonyl (C=O) groups is 1. The maximum atomic E-state index is 11.2. The van der Waals surface area contributed by atoms with E-state index in [1.807, 2.05) is 18.0 Å². The molecule has 0 aliphatic carbocycles. The van der Waals surface area contributed by atoms with Gasteiger partial charge < -0.3 is 5.11 Å². The molecule has 0 bridgehead atoms. The quantitative estimate of drug-likeness (QED) is 0.835. The van der Waals surface area contributed by atoms with Crippen molar-refractivity contribution in [3.8, 4) is 0 Å². The number of rotatable bonds is 7. The third-order valence-corrected chi connectivity index (χ3v) is 4.26. The number of carboxylic acids is 1. The van der Waals surface area contributed by atoms with Crippen LogP contribution < -0.4 is 0 Å². The molecular weight excluding hydrogens is 302 g/mol. The third-order valence-electron chi connectivity index (χ3n) is 2.70. The zero-order valence-corrected chi connectivity index (χ0v) is 12.6. The predicted octanol–water partition coefficient (Wildman–Crippen LogP) is 3.59. The number of hydrogen-bond acceptors (Lipinski definition) is 3. The number of halogens is 1. The number of aliphatic carboxylic acids is 1. The smallest absolute Gasteiger partial charge is 0.320 e. The third kappa shape index (κ3) is 4.77. The van der Waals surface area contributed by atoms with E-state index >= 15 is 0 Å². The first-order valence-corrected chi connectivity index (χ1v) is 7.37. The summed E-state index contributed by atoms with van der Waals surface area (Å²) >= 11 is 5.04. The van der Waals surface area contributed by atoms with Gasteiger partial charge in [-0.05, 0) is 46.4 Å². The van der Waals surface area contributed by atoms with Crippen molar-refractivity contribution in [2.75, 3.05) is 7.05 Å². The lowest BCUT2D eigenvalue weighted by atomic mass is 10.1. The van der Waals surface area contributed by atoms with Crippen LogP contribution in [0.4, 0.5) is 0 Å². The molecule has 1 rings (SSSR count). The van der Waals surface area contributed by atoms with Gasteiger partial charge in [-0.1, -0.05) is 19.8 Å². The lowest BCUT2D eigenvalue weighted by molar-refractivity contribution is -0.143. The van der Waals surface area contributed by atoms with Crippen LogP contribution in [0.3, 0.4) is 0 Å². The van der Waals surface area contributed by atoms with Crippen molar-refractivity contribution < 1.29 is 9.90 Å². The van der Waals surface area contributed by atoms with E-state index in [0.717, 1.165) is 22.2 Å². The second kappa shape index (κ2) is 7.13. The number of carboxylic acid groups (broad SMARTS) is 1. The highest BCUT2D eigenvalue weighted by molar-refractivity contribution is 9.11. The molecule has 0 amide bonds. The van der Waals surface area contributed by atoms with Gasteiger partial charge in [-0.15, -0.1) is 11.3 Å². The fourth-order valence-corrected chi connectivity index (χ4v) is 2.96. The summed E-state index contributed by atoms with van der Waals surface area (Å²) in [4.78, 5) is 13.1. The van der Waals surface area contributed by atoms with Gasteiger partial charge in [0.2, 0.25) is 0 Å². The molecule has 1 atom stereocenters. The minimum Gasteiger partial charge on any atom is -0.480 e. The van der Waals surface area contributed by atoms with Gasteiger partial charge in [0.15, 0.2) is 0 Å². The van der Waals surface area contributed by atoms with Crippen LogP contribution in [0.5, 0.6) is 0 Å². The zero-order chi connectivity index (χ0) is 12.8. The first-order valence-electron chi connectivity index (χ1n) is 5.70. The molecule has 5 heteroatoms. The Balaban J connectivity index is 2.58. The van der Waals surface area contributed by atoms with Crippen LogP contribution in [-0.4, -0.2) is 29.1 Å². The Bertz CT molecular complexity index is 367. The standard InChI is InChI=1S/C12H18BrNO2S/c1-3-4-5-10(12(15)16)14(2)7-9-6-11(13)17-8-9/h6,8,10H,3-5,7H2,1-2H3,(H,15,16). The van der Waals surface area contributed by atoms with E-state index in [9.17, 15) is 9.90 Å². The van der Waals surface area contributed by atoms with Crippen molar-refractivity contribution in [1.29, 1.82) is 0 Å². The lowest BCUT2D eigenvalue weighted by Crippen LogP contribution is -2.37. The molecule has 0 spiro atoms. The average Bonchev–Trinajstić information content (AvgIpc) is 2.64. The second-order valence-corrected chi connectivity index (χ2v) is 6.46. The van der Waals surface area contributed by atoms with Gasteiger partial charge in [-0.3, -0.25) is 9.69 Å². The van der Waals surface area contributed by atoms with Crippen molar-refractivity contribution in [3.05, 3.63) is 20.8 Å². The highest BCUT2D eigenvalue weighted by Gasteiger charge is 2.22. The lowest BCUT2D eigenvalue weighted by Gasteiger charge is -2.24. The molecule has 0 aliphatic rings. The molecule has 0 saturated heterocycles. The van der Waals surface area contributed by atoms with Gasteiger partial charge in [-0.25, -0.2) is 0 Å². The van der Waals surface area contributed by atoms with Gasteiger partial charge in [0.05, 0.1) is 3.79 Å². The maximum absolute atomic E-state index is 11.2. The minimum atomic E-state index is -0.727. The first-order chi connectivity index (χ1) is 8.04. The summed E-state index contributed by atoms with van der Waals surface area (Å²) in [7, 11) is 1.88. The first kappa shape index (κ1) is 14.7. The predicted molar refractivity (Wildman–Crippen MR) is 74.4 cm³/mol. The molecule has 1 aromatic heterocycles. The van der Waals surface area contributed by atoms with Gasteiger partial charge in [0.1, 0.15) is 6.04 Å². The molecule has 0 saturated carbocycles. The van der Waals surface area contributed by atoms with Crippen molar-refractivity contribution in [1.82, 2.24) is 4.90 Å². The van der Waals surface area contributed by atoms with E-state index in [1.165, 1.54) is 0 Å². The number of unbranched alkanes of at least 4 members (excludes halogenated alkanes) is 1. The summed E-state index contributed by atoms with van der Waals surface area (Å²) in [5.74, 6) is -0.727. The van der Waals surface area contributed by atoms with Crippen LogP contribution in [-0.2, 0) is 11.3 Å². The Morgan fingerprint density at radius 2 is 2.35 bits per heavy atom. The Kier molecular flexibility index (Phi) is 6.16. The van der Waals surface area contributed by atoms with E-state index in [2.05, 4.69) is 28.2 Å². The SMILES string of the molecule is CCCCC(C(=O)O)N(C)Cc1csc(Br)c1. The summed E-state index contributed by atoms with van der Waals surface area (Å²) in [5.41, 5.74) is 1.16. The summed E-state index contributed by atoms with van der Waals surface area (Å²) in [5, 5.41) is 11.3. The molecule has 1 heterocycles. The topological polar surface area (TPSA) is 40.5 Å². The van der Waals surface area contributed by atoms with Gasteiger partial charge >= 0.3 is 5.97 Å². The summed E-state index contributed by atoms with van der Waals surface area (Å²) in [6.07, 6.45) is 2.70. The monoisotopic (exact) mass is 319 g/mol. The molecule has 3 nitrogen and oxygen atoms in total. The molecular formula is C12H18BrNO2S. The summed E-state index contributed by atoms with van der Waals surface area (Å²) < 4.78 is 1.08. The largest absolute Gasteiger partial charge is 0.480 e. The van der Waals surface area contributed by atoms with Crippen molar-refractivity contribution in [3.63, 3.8) is 0 Å². The highest BCUT2D eigenvalue weighted by atomic mass is 79.9. The van der Waals surface area contributed by atoms with E-state index in [1.54, 1.807) is 11.3 Å². The fourth-order valence-electron chi connectivity index (χ4n) is 1.76. The van der Waals surface area contributed by atoms with Crippen LogP contribution in [0.25, 0.3) is 0 Å². The normalized spacial score (nSPS) is 12.9. The highest BCUT2D eigenvalue weighted by Crippen LogP contribution is 2.22. The molecule has 0 aromatic carbocycles. The summed E-state index contributed by atoms with van der Waals surface area (Å²) in [6.45, 7) is 2.76. The Morgan fingerprint density at radius 3 is 2.82 bits per heavy atom. The fraction of sp³-hybridized carbons (Fsp3) is 0.583. The zero-order valence-electron chi connectivity index (χ0n) is 10.1. The van der Waals surface area contributed by atoms with Crippen molar-refractivity contribution >= 4 is 33.2 Å². The van der Waals surface area contributed by atoms with Crippen LogP contribution in [0.1, 0.15) is 31.7 Å². The van der Waals surface area contributed by atoms with Crippen LogP contribution in [0.2, 0.25) is 0 Å². The Labute approximate surface area is 115 Å². The molecule has 0 aliphatic heterocycles. The Hall–Kier alpha value is -0.390. The van der Waals surface area contributed by atoms with Gasteiger partial charge in [0, 0.05) is 6.54 Å².